The van der Waals surface area contributed by atoms with Crippen LogP contribution in [0, 0.1) is 6.92 Å². The van der Waals surface area contributed by atoms with E-state index < -0.39 is 6.10 Å². The van der Waals surface area contributed by atoms with Crippen LogP contribution < -0.4 is 11.2 Å². The van der Waals surface area contributed by atoms with E-state index in [9.17, 15) is 14.7 Å². The molecule has 6 heteroatoms. The summed E-state index contributed by atoms with van der Waals surface area (Å²) in [5, 5.41) is 10.5. The Morgan fingerprint density at radius 1 is 1.21 bits per heavy atom. The van der Waals surface area contributed by atoms with E-state index in [1.165, 1.54) is 10.6 Å². The number of aliphatic hydroxyl groups is 1. The lowest BCUT2D eigenvalue weighted by Gasteiger charge is -2.36. The molecular formula is C18H23N3O3. The Bertz CT molecular complexity index is 766. The normalized spacial score (nSPS) is 21.8. The molecular weight excluding hydrogens is 306 g/mol. The van der Waals surface area contributed by atoms with Crippen molar-refractivity contribution in [2.45, 2.75) is 31.9 Å². The molecule has 2 atom stereocenters. The van der Waals surface area contributed by atoms with Gasteiger partial charge in [-0.2, -0.15) is 0 Å². The number of hydrogen-bond acceptors (Lipinski definition) is 4. The molecule has 1 aromatic heterocycles. The van der Waals surface area contributed by atoms with Crippen molar-refractivity contribution in [1.29, 1.82) is 0 Å². The first-order valence-electron chi connectivity index (χ1n) is 8.31. The molecule has 6 nitrogen and oxygen atoms in total. The number of rotatable bonds is 4. The smallest absolute Gasteiger partial charge is 0.328 e. The molecule has 0 amide bonds. The van der Waals surface area contributed by atoms with E-state index in [4.69, 9.17) is 0 Å². The molecule has 0 saturated carbocycles. The lowest BCUT2D eigenvalue weighted by atomic mass is 9.87. The van der Waals surface area contributed by atoms with E-state index in [1.54, 1.807) is 6.92 Å². The van der Waals surface area contributed by atoms with Crippen LogP contribution in [0.15, 0.2) is 46.0 Å². The minimum atomic E-state index is -0.436. The highest BCUT2D eigenvalue weighted by Crippen LogP contribution is 2.28. The molecule has 0 radical (unpaired) electrons. The number of β-amino-alcohol motifs (C(OH)–C–C–N with tert-alkyl or cyclic N) is 1. The third-order valence-electron chi connectivity index (χ3n) is 4.69. The standard InChI is InChI=1S/C18H23N3O3/c1-13-11-17(23)21(18(24)19-13)10-9-20-8-7-15(16(22)12-20)14-5-3-2-4-6-14/h2-6,11,15-16,22H,7-10,12H2,1H3,(H,19,24)/t15-,16-/m1/s1. The number of likely N-dealkylation sites (tertiary alicyclic amines) is 1. The summed E-state index contributed by atoms with van der Waals surface area (Å²) in [6.07, 6.45) is 0.429. The van der Waals surface area contributed by atoms with E-state index in [2.05, 4.69) is 22.0 Å². The molecule has 1 fully saturated rings. The number of nitrogens with zero attached hydrogens (tertiary/aromatic N) is 2. The number of benzene rings is 1. The molecule has 128 valence electrons. The summed E-state index contributed by atoms with van der Waals surface area (Å²) in [6.45, 7) is 3.99. The summed E-state index contributed by atoms with van der Waals surface area (Å²) < 4.78 is 1.21. The second-order valence-electron chi connectivity index (χ2n) is 6.42. The van der Waals surface area contributed by atoms with Crippen molar-refractivity contribution in [3.8, 4) is 0 Å². The molecule has 1 aliphatic heterocycles. The van der Waals surface area contributed by atoms with Gasteiger partial charge < -0.3 is 10.1 Å². The Morgan fingerprint density at radius 3 is 2.62 bits per heavy atom. The van der Waals surface area contributed by atoms with Crippen molar-refractivity contribution in [3.63, 3.8) is 0 Å². The van der Waals surface area contributed by atoms with Crippen LogP contribution in [0.1, 0.15) is 23.6 Å². The molecule has 0 unspecified atom stereocenters. The van der Waals surface area contributed by atoms with E-state index >= 15 is 0 Å². The Kier molecular flexibility index (Phi) is 4.97. The summed E-state index contributed by atoms with van der Waals surface area (Å²) >= 11 is 0. The number of aromatic amines is 1. The van der Waals surface area contributed by atoms with E-state index in [0.717, 1.165) is 18.5 Å². The molecule has 2 aromatic rings. The Labute approximate surface area is 140 Å². The van der Waals surface area contributed by atoms with Gasteiger partial charge in [0.25, 0.3) is 5.56 Å². The van der Waals surface area contributed by atoms with E-state index in [0.29, 0.717) is 25.3 Å². The summed E-state index contributed by atoms with van der Waals surface area (Å²) in [5.74, 6) is 0.146. The summed E-state index contributed by atoms with van der Waals surface area (Å²) in [4.78, 5) is 28.5. The first-order valence-corrected chi connectivity index (χ1v) is 8.31. The molecule has 24 heavy (non-hydrogen) atoms. The fourth-order valence-corrected chi connectivity index (χ4v) is 3.38. The minimum absolute atomic E-state index is 0.146. The molecule has 2 heterocycles. The second-order valence-corrected chi connectivity index (χ2v) is 6.42. The van der Waals surface area contributed by atoms with Gasteiger partial charge >= 0.3 is 5.69 Å². The molecule has 2 N–H and O–H groups in total. The maximum atomic E-state index is 11.9. The van der Waals surface area contributed by atoms with Crippen LogP contribution in [0.25, 0.3) is 0 Å². The zero-order valence-corrected chi connectivity index (χ0v) is 13.8. The molecule has 0 aliphatic carbocycles. The SMILES string of the molecule is Cc1cc(=O)n(CCN2CC[C@H](c3ccccc3)[C@H](O)C2)c(=O)[nH]1. The summed E-state index contributed by atoms with van der Waals surface area (Å²) in [7, 11) is 0. The van der Waals surface area contributed by atoms with Gasteiger partial charge in [0.1, 0.15) is 0 Å². The van der Waals surface area contributed by atoms with Gasteiger partial charge in [-0.05, 0) is 25.5 Å². The second kappa shape index (κ2) is 7.15. The number of hydrogen-bond donors (Lipinski definition) is 2. The van der Waals surface area contributed by atoms with E-state index in [-0.39, 0.29) is 17.2 Å². The number of piperidine rings is 1. The molecule has 1 saturated heterocycles. The van der Waals surface area contributed by atoms with Crippen LogP contribution in [0.3, 0.4) is 0 Å². The number of H-pyrrole nitrogens is 1. The van der Waals surface area contributed by atoms with Gasteiger partial charge in [-0.1, -0.05) is 30.3 Å². The number of aliphatic hydroxyl groups excluding tert-OH is 1. The quantitative estimate of drug-likeness (QED) is 0.865. The number of aromatic nitrogens is 2. The first-order chi connectivity index (χ1) is 11.5. The zero-order chi connectivity index (χ0) is 17.1. The largest absolute Gasteiger partial charge is 0.391 e. The average molecular weight is 329 g/mol. The molecule has 1 aromatic carbocycles. The van der Waals surface area contributed by atoms with Gasteiger partial charge in [0.15, 0.2) is 0 Å². The lowest BCUT2D eigenvalue weighted by molar-refractivity contribution is 0.0495. The predicted octanol–water partition coefficient (Wildman–Crippen LogP) is 0.695. The van der Waals surface area contributed by atoms with Crippen molar-refractivity contribution in [2.24, 2.45) is 0 Å². The Balaban J connectivity index is 1.61. The van der Waals surface area contributed by atoms with E-state index in [1.807, 2.05) is 18.2 Å². The summed E-state index contributed by atoms with van der Waals surface area (Å²) in [6, 6.07) is 11.5. The van der Waals surface area contributed by atoms with Gasteiger partial charge in [-0.25, -0.2) is 4.79 Å². The highest BCUT2D eigenvalue weighted by Gasteiger charge is 2.28. The Morgan fingerprint density at radius 2 is 1.96 bits per heavy atom. The maximum Gasteiger partial charge on any atom is 0.328 e. The van der Waals surface area contributed by atoms with Gasteiger partial charge in [-0.3, -0.25) is 14.3 Å². The number of nitrogens with one attached hydrogen (secondary N) is 1. The Hall–Kier alpha value is -2.18. The van der Waals surface area contributed by atoms with Crippen LogP contribution in [0.4, 0.5) is 0 Å². The first kappa shape index (κ1) is 16.7. The fraction of sp³-hybridized carbons (Fsp3) is 0.444. The fourth-order valence-electron chi connectivity index (χ4n) is 3.38. The summed E-state index contributed by atoms with van der Waals surface area (Å²) in [5.41, 5.74) is 1.08. The minimum Gasteiger partial charge on any atom is -0.391 e. The lowest BCUT2D eigenvalue weighted by Crippen LogP contribution is -2.45. The van der Waals surface area contributed by atoms with Gasteiger partial charge in [0.2, 0.25) is 0 Å². The highest BCUT2D eigenvalue weighted by atomic mass is 16.3. The van der Waals surface area contributed by atoms with Crippen molar-refractivity contribution >= 4 is 0 Å². The third kappa shape index (κ3) is 3.66. The zero-order valence-electron chi connectivity index (χ0n) is 13.8. The van der Waals surface area contributed by atoms with Crippen LogP contribution in [-0.4, -0.2) is 45.3 Å². The third-order valence-corrected chi connectivity index (χ3v) is 4.69. The van der Waals surface area contributed by atoms with Gasteiger partial charge in [0.05, 0.1) is 6.10 Å². The van der Waals surface area contributed by atoms with Crippen LogP contribution in [0.5, 0.6) is 0 Å². The molecule has 3 rings (SSSR count). The van der Waals surface area contributed by atoms with Crippen molar-refractivity contribution in [1.82, 2.24) is 14.5 Å². The van der Waals surface area contributed by atoms with Crippen molar-refractivity contribution in [2.75, 3.05) is 19.6 Å². The predicted molar refractivity (Wildman–Crippen MR) is 92.3 cm³/mol. The average Bonchev–Trinajstić information content (AvgIpc) is 2.55. The van der Waals surface area contributed by atoms with Crippen molar-refractivity contribution in [3.05, 3.63) is 68.5 Å². The van der Waals surface area contributed by atoms with Gasteiger partial charge in [0, 0.05) is 37.3 Å². The van der Waals surface area contributed by atoms with Crippen LogP contribution in [-0.2, 0) is 6.54 Å². The highest BCUT2D eigenvalue weighted by molar-refractivity contribution is 5.21. The van der Waals surface area contributed by atoms with Crippen molar-refractivity contribution < 1.29 is 5.11 Å². The molecule has 0 bridgehead atoms. The van der Waals surface area contributed by atoms with Crippen LogP contribution >= 0.6 is 0 Å². The van der Waals surface area contributed by atoms with Crippen LogP contribution in [0.2, 0.25) is 0 Å². The number of aryl methyl sites for hydroxylation is 1. The maximum absolute atomic E-state index is 11.9. The van der Waals surface area contributed by atoms with Gasteiger partial charge in [-0.15, -0.1) is 0 Å². The topological polar surface area (TPSA) is 78.3 Å². The molecule has 0 spiro atoms. The monoisotopic (exact) mass is 329 g/mol. The molecule has 1 aliphatic rings.